The number of benzene rings is 2. The highest BCUT2D eigenvalue weighted by Crippen LogP contribution is 2.35. The number of aliphatic hydroxyl groups excluding tert-OH is 1. The molecule has 2 aromatic rings. The summed E-state index contributed by atoms with van der Waals surface area (Å²) in [7, 11) is 1.32. The van der Waals surface area contributed by atoms with Crippen LogP contribution in [0.15, 0.2) is 46.9 Å². The van der Waals surface area contributed by atoms with Crippen molar-refractivity contribution in [1.29, 1.82) is 0 Å². The fourth-order valence-corrected chi connectivity index (χ4v) is 2.80. The first kappa shape index (κ1) is 19.6. The molecule has 7 heteroatoms. The van der Waals surface area contributed by atoms with Crippen LogP contribution < -0.4 is 10.1 Å². The van der Waals surface area contributed by atoms with E-state index in [1.54, 1.807) is 12.1 Å². The molecule has 0 radical (unpaired) electrons. The number of aliphatic hydroxyl groups is 1. The number of hydrogen-bond acceptors (Lipinski definition) is 5. The van der Waals surface area contributed by atoms with Gasteiger partial charge in [-0.2, -0.15) is 0 Å². The first-order valence-electron chi connectivity index (χ1n) is 7.61. The Morgan fingerprint density at radius 2 is 2.04 bits per heavy atom. The van der Waals surface area contributed by atoms with Crippen molar-refractivity contribution < 1.29 is 19.4 Å². The first-order chi connectivity index (χ1) is 12.0. The Bertz CT molecular complexity index is 712. The van der Waals surface area contributed by atoms with Gasteiger partial charge >= 0.3 is 5.97 Å². The summed E-state index contributed by atoms with van der Waals surface area (Å²) in [6.45, 7) is 0.589. The van der Waals surface area contributed by atoms with Gasteiger partial charge in [-0.1, -0.05) is 30.3 Å². The molecule has 0 fully saturated rings. The molecule has 0 saturated heterocycles. The second kappa shape index (κ2) is 9.65. The molecular formula is C18H19BrClNO4. The lowest BCUT2D eigenvalue weighted by atomic mass is 10.1. The minimum absolute atomic E-state index is 0.116. The van der Waals surface area contributed by atoms with Crippen molar-refractivity contribution in [2.45, 2.75) is 12.7 Å². The molecule has 1 atom stereocenters. The van der Waals surface area contributed by atoms with E-state index < -0.39 is 12.1 Å². The summed E-state index contributed by atoms with van der Waals surface area (Å²) in [5.74, 6) is 0.128. The van der Waals surface area contributed by atoms with Gasteiger partial charge in [0.25, 0.3) is 0 Å². The van der Waals surface area contributed by atoms with Crippen LogP contribution >= 0.6 is 27.5 Å². The van der Waals surface area contributed by atoms with Crippen LogP contribution in [0, 0.1) is 0 Å². The minimum Gasteiger partial charge on any atom is -0.487 e. The van der Waals surface area contributed by atoms with E-state index in [-0.39, 0.29) is 12.4 Å². The molecule has 2 aromatic carbocycles. The average molecular weight is 429 g/mol. The number of halogens is 2. The van der Waals surface area contributed by atoms with Crippen LogP contribution in [0.25, 0.3) is 0 Å². The van der Waals surface area contributed by atoms with Gasteiger partial charge < -0.3 is 19.9 Å². The van der Waals surface area contributed by atoms with Crippen LogP contribution in [0.4, 0.5) is 5.69 Å². The molecule has 0 spiro atoms. The van der Waals surface area contributed by atoms with Crippen molar-refractivity contribution in [3.63, 3.8) is 0 Å². The summed E-state index contributed by atoms with van der Waals surface area (Å²) in [5, 5.41) is 12.8. The number of rotatable bonds is 8. The summed E-state index contributed by atoms with van der Waals surface area (Å²) in [4.78, 5) is 11.8. The van der Waals surface area contributed by atoms with Crippen molar-refractivity contribution in [2.24, 2.45) is 0 Å². The Balaban J connectivity index is 2.27. The number of carbonyl (C=O) groups is 1. The molecule has 0 aromatic heterocycles. The summed E-state index contributed by atoms with van der Waals surface area (Å²) >= 11 is 9.06. The smallest absolute Gasteiger partial charge is 0.338 e. The van der Waals surface area contributed by atoms with Crippen molar-refractivity contribution in [3.05, 3.63) is 58.1 Å². The summed E-state index contributed by atoms with van der Waals surface area (Å²) < 4.78 is 11.3. The maximum atomic E-state index is 11.8. The third-order valence-corrected chi connectivity index (χ3v) is 4.39. The van der Waals surface area contributed by atoms with Crippen molar-refractivity contribution in [1.82, 2.24) is 0 Å². The van der Waals surface area contributed by atoms with Crippen LogP contribution in [0.5, 0.6) is 5.75 Å². The molecule has 5 nitrogen and oxygen atoms in total. The average Bonchev–Trinajstić information content (AvgIpc) is 2.65. The topological polar surface area (TPSA) is 67.8 Å². The number of esters is 1. The zero-order valence-corrected chi connectivity index (χ0v) is 16.0. The quantitative estimate of drug-likeness (QED) is 0.494. The predicted octanol–water partition coefficient (Wildman–Crippen LogP) is 3.83. The van der Waals surface area contributed by atoms with Gasteiger partial charge in [-0.15, -0.1) is 11.6 Å². The van der Waals surface area contributed by atoms with Gasteiger partial charge in [0.15, 0.2) is 0 Å². The second-order valence-corrected chi connectivity index (χ2v) is 6.45. The van der Waals surface area contributed by atoms with Crippen LogP contribution in [0.3, 0.4) is 0 Å². The van der Waals surface area contributed by atoms with E-state index in [0.29, 0.717) is 28.1 Å². The highest BCUT2D eigenvalue weighted by molar-refractivity contribution is 9.10. The summed E-state index contributed by atoms with van der Waals surface area (Å²) in [5.41, 5.74) is 1.99. The molecule has 2 rings (SSSR count). The molecular weight excluding hydrogens is 410 g/mol. The molecule has 0 aliphatic heterocycles. The van der Waals surface area contributed by atoms with E-state index in [1.165, 1.54) is 7.11 Å². The lowest BCUT2D eigenvalue weighted by molar-refractivity contribution is 0.0600. The van der Waals surface area contributed by atoms with E-state index in [9.17, 15) is 9.90 Å². The minimum atomic E-state index is -0.698. The number of alkyl halides is 1. The third kappa shape index (κ3) is 5.63. The third-order valence-electron chi connectivity index (χ3n) is 3.40. The normalized spacial score (nSPS) is 11.7. The van der Waals surface area contributed by atoms with Crippen molar-refractivity contribution >= 4 is 39.2 Å². The monoisotopic (exact) mass is 427 g/mol. The maximum absolute atomic E-state index is 11.8. The predicted molar refractivity (Wildman–Crippen MR) is 101 cm³/mol. The largest absolute Gasteiger partial charge is 0.487 e. The molecule has 134 valence electrons. The van der Waals surface area contributed by atoms with Crippen LogP contribution in [-0.2, 0) is 11.3 Å². The Morgan fingerprint density at radius 1 is 1.32 bits per heavy atom. The van der Waals surface area contributed by atoms with Crippen molar-refractivity contribution in [3.8, 4) is 5.75 Å². The van der Waals surface area contributed by atoms with E-state index in [2.05, 4.69) is 21.2 Å². The molecule has 0 aliphatic rings. The van der Waals surface area contributed by atoms with E-state index in [1.807, 2.05) is 30.3 Å². The Hall–Kier alpha value is -1.76. The zero-order valence-electron chi connectivity index (χ0n) is 13.7. The van der Waals surface area contributed by atoms with E-state index in [0.717, 1.165) is 5.56 Å². The fraction of sp³-hybridized carbons (Fsp3) is 0.278. The van der Waals surface area contributed by atoms with Gasteiger partial charge in [0, 0.05) is 11.0 Å². The number of nitrogens with one attached hydrogen (secondary N) is 1. The number of ether oxygens (including phenoxy) is 2. The van der Waals surface area contributed by atoms with Gasteiger partial charge in [0.2, 0.25) is 0 Å². The summed E-state index contributed by atoms with van der Waals surface area (Å²) in [6.07, 6.45) is -0.698. The standard InChI is InChI=1S/C18H19BrClNO4/c1-24-18(23)13-7-15(19)17(21-10-14(22)9-20)16(8-13)25-11-12-5-3-2-4-6-12/h2-8,14,21-22H,9-11H2,1H3. The van der Waals surface area contributed by atoms with Crippen LogP contribution in [-0.4, -0.2) is 36.7 Å². The SMILES string of the molecule is COC(=O)c1cc(Br)c(NCC(O)CCl)c(OCc2ccccc2)c1. The lowest BCUT2D eigenvalue weighted by Crippen LogP contribution is -2.21. The zero-order chi connectivity index (χ0) is 18.2. The fourth-order valence-electron chi connectivity index (χ4n) is 2.11. The van der Waals surface area contributed by atoms with Gasteiger partial charge in [0.1, 0.15) is 12.4 Å². The first-order valence-corrected chi connectivity index (χ1v) is 8.94. The molecule has 0 bridgehead atoms. The molecule has 25 heavy (non-hydrogen) atoms. The Morgan fingerprint density at radius 3 is 2.68 bits per heavy atom. The molecule has 0 aliphatic carbocycles. The highest BCUT2D eigenvalue weighted by atomic mass is 79.9. The highest BCUT2D eigenvalue weighted by Gasteiger charge is 2.16. The molecule has 2 N–H and O–H groups in total. The van der Waals surface area contributed by atoms with Gasteiger partial charge in [0.05, 0.1) is 30.3 Å². The van der Waals surface area contributed by atoms with E-state index in [4.69, 9.17) is 21.1 Å². The summed E-state index contributed by atoms with van der Waals surface area (Å²) in [6, 6.07) is 12.9. The molecule has 0 saturated carbocycles. The van der Waals surface area contributed by atoms with Crippen LogP contribution in [0.1, 0.15) is 15.9 Å². The van der Waals surface area contributed by atoms with Crippen molar-refractivity contribution in [2.75, 3.05) is 24.9 Å². The number of carbonyl (C=O) groups excluding carboxylic acids is 1. The second-order valence-electron chi connectivity index (χ2n) is 5.29. The number of hydrogen-bond donors (Lipinski definition) is 2. The Kier molecular flexibility index (Phi) is 7.55. The van der Waals surface area contributed by atoms with E-state index >= 15 is 0 Å². The number of anilines is 1. The van der Waals surface area contributed by atoms with Gasteiger partial charge in [-0.25, -0.2) is 4.79 Å². The van der Waals surface area contributed by atoms with Gasteiger partial charge in [-0.3, -0.25) is 0 Å². The molecule has 0 amide bonds. The number of methoxy groups -OCH3 is 1. The lowest BCUT2D eigenvalue weighted by Gasteiger charge is -2.17. The molecule has 0 heterocycles. The maximum Gasteiger partial charge on any atom is 0.338 e. The molecule has 1 unspecified atom stereocenters. The Labute approximate surface area is 160 Å². The van der Waals surface area contributed by atoms with Crippen LogP contribution in [0.2, 0.25) is 0 Å². The van der Waals surface area contributed by atoms with Gasteiger partial charge in [-0.05, 0) is 33.6 Å².